The Morgan fingerprint density at radius 3 is 2.18 bits per heavy atom. The largest absolute Gasteiger partial charge is 0.357 e. The van der Waals surface area contributed by atoms with Gasteiger partial charge in [-0.2, -0.15) is 8.42 Å². The molecule has 0 fully saturated rings. The zero-order valence-electron chi connectivity index (χ0n) is 13.8. The molecule has 2 aromatic carbocycles. The van der Waals surface area contributed by atoms with Crippen molar-refractivity contribution in [1.82, 2.24) is 5.43 Å². The van der Waals surface area contributed by atoms with Gasteiger partial charge >= 0.3 is 0 Å². The number of nitro groups is 1. The fourth-order valence-electron chi connectivity index (χ4n) is 2.62. The number of rotatable bonds is 5. The Bertz CT molecular complexity index is 1140. The summed E-state index contributed by atoms with van der Waals surface area (Å²) in [6.45, 7) is 0. The van der Waals surface area contributed by atoms with Gasteiger partial charge in [-0.25, -0.2) is 0 Å². The molecule has 11 nitrogen and oxygen atoms in total. The number of nitroso groups, excluding NO2 is 1. The highest BCUT2D eigenvalue weighted by molar-refractivity contribution is 7.85. The van der Waals surface area contributed by atoms with Crippen LogP contribution in [0.1, 0.15) is 11.1 Å². The third-order valence-electron chi connectivity index (χ3n) is 4.04. The van der Waals surface area contributed by atoms with Crippen LogP contribution in [0.15, 0.2) is 53.4 Å². The normalized spacial score (nSPS) is 18.4. The van der Waals surface area contributed by atoms with Crippen LogP contribution < -0.4 is 5.43 Å². The van der Waals surface area contributed by atoms with E-state index in [1.54, 1.807) is 0 Å². The smallest absolute Gasteiger partial charge is 0.294 e. The first-order valence-corrected chi connectivity index (χ1v) is 9.03. The zero-order chi connectivity index (χ0) is 20.7. The topological polar surface area (TPSA) is 167 Å². The van der Waals surface area contributed by atoms with Gasteiger partial charge in [-0.15, -0.1) is 5.43 Å². The second-order valence-electron chi connectivity index (χ2n) is 5.81. The summed E-state index contributed by atoms with van der Waals surface area (Å²) < 4.78 is 31.7. The van der Waals surface area contributed by atoms with Crippen LogP contribution in [-0.4, -0.2) is 33.7 Å². The van der Waals surface area contributed by atoms with Gasteiger partial charge in [-0.1, -0.05) is 12.1 Å². The summed E-state index contributed by atoms with van der Waals surface area (Å²) in [6.07, 6.45) is 2.16. The third-order valence-corrected chi connectivity index (χ3v) is 4.89. The van der Waals surface area contributed by atoms with Gasteiger partial charge in [0.15, 0.2) is 4.87 Å². The van der Waals surface area contributed by atoms with Crippen molar-refractivity contribution in [2.45, 2.75) is 10.6 Å². The van der Waals surface area contributed by atoms with Gasteiger partial charge in [-0.05, 0) is 23.8 Å². The monoisotopic (exact) mass is 406 g/mol. The highest BCUT2D eigenvalue weighted by atomic mass is 32.2. The number of hydrogen-bond acceptors (Lipinski definition) is 7. The molecule has 0 bridgehead atoms. The van der Waals surface area contributed by atoms with Crippen molar-refractivity contribution in [3.63, 3.8) is 0 Å². The van der Waals surface area contributed by atoms with Crippen molar-refractivity contribution < 1.29 is 32.7 Å². The Labute approximate surface area is 157 Å². The van der Waals surface area contributed by atoms with Crippen LogP contribution in [0.5, 0.6) is 0 Å². The maximum absolute atomic E-state index is 12.3. The summed E-state index contributed by atoms with van der Waals surface area (Å²) in [4.78, 5) is 34.2. The average molecular weight is 406 g/mol. The van der Waals surface area contributed by atoms with E-state index in [1.165, 1.54) is 6.08 Å². The third kappa shape index (κ3) is 3.38. The second-order valence-corrected chi connectivity index (χ2v) is 7.23. The van der Waals surface area contributed by atoms with Crippen LogP contribution in [0.4, 0.5) is 11.4 Å². The summed E-state index contributed by atoms with van der Waals surface area (Å²) in [6, 6.07) is 7.45. The molecule has 144 valence electrons. The number of nitrogens with zero attached hydrogens (tertiary/aromatic N) is 2. The molecule has 12 heteroatoms. The molecule has 0 saturated carbocycles. The predicted octanol–water partition coefficient (Wildman–Crippen LogP) is 1.20. The van der Waals surface area contributed by atoms with Crippen molar-refractivity contribution >= 4 is 33.4 Å². The maximum Gasteiger partial charge on any atom is 0.294 e. The molecule has 1 aliphatic rings. The van der Waals surface area contributed by atoms with Crippen molar-refractivity contribution in [2.24, 2.45) is 0 Å². The van der Waals surface area contributed by atoms with Gasteiger partial charge in [0, 0.05) is 29.8 Å². The molecule has 1 unspecified atom stereocenters. The minimum Gasteiger partial charge on any atom is -0.357 e. The lowest BCUT2D eigenvalue weighted by molar-refractivity contribution is -0.555. The number of carbonyl (C=O) groups is 1. The molecule has 0 radical (unpaired) electrons. The molecule has 0 aliphatic heterocycles. The van der Waals surface area contributed by atoms with Gasteiger partial charge < -0.3 is 5.11 Å². The SMILES string of the molecule is O=C1C=Cc2cc(S(=O)(=O)O)ccc2C1(O)N[N+](=O)c1ccc([N+](=O)[O-])cc1. The average Bonchev–Trinajstić information content (AvgIpc) is 2.64. The molecule has 0 saturated heterocycles. The van der Waals surface area contributed by atoms with Crippen LogP contribution >= 0.6 is 0 Å². The van der Waals surface area contributed by atoms with Gasteiger partial charge in [0.25, 0.3) is 27.2 Å². The Balaban J connectivity index is 1.97. The summed E-state index contributed by atoms with van der Waals surface area (Å²) in [5.74, 6) is -0.901. The van der Waals surface area contributed by atoms with Crippen LogP contribution in [0.3, 0.4) is 0 Å². The van der Waals surface area contributed by atoms with E-state index >= 15 is 0 Å². The molecule has 3 N–H and O–H groups in total. The number of carbonyl (C=O) groups excluding carboxylic acids is 1. The van der Waals surface area contributed by atoms with Gasteiger partial charge in [0.05, 0.1) is 14.7 Å². The summed E-state index contributed by atoms with van der Waals surface area (Å²) in [7, 11) is -4.51. The lowest BCUT2D eigenvalue weighted by Gasteiger charge is -2.26. The summed E-state index contributed by atoms with van der Waals surface area (Å²) in [5.41, 5.74) is -0.859. The standard InChI is InChI=1S/C16H11N3O8S/c20-15-8-1-10-9-13(28(25,26)27)6-7-14(10)16(15,21)17-18(22)11-2-4-12(5-3-11)19(23)24/h1-9,21H,(H-,17,22,25,26,27)/p+1. The number of non-ortho nitro benzene ring substituents is 1. The summed E-state index contributed by atoms with van der Waals surface area (Å²) >= 11 is 0. The lowest BCUT2D eigenvalue weighted by Crippen LogP contribution is -2.52. The highest BCUT2D eigenvalue weighted by Crippen LogP contribution is 2.32. The summed E-state index contributed by atoms with van der Waals surface area (Å²) in [5, 5.41) is 21.5. The molecule has 28 heavy (non-hydrogen) atoms. The Hall–Kier alpha value is -3.48. The van der Waals surface area contributed by atoms with E-state index in [4.69, 9.17) is 4.55 Å². The molecule has 1 aliphatic carbocycles. The van der Waals surface area contributed by atoms with E-state index < -0.39 is 31.4 Å². The Morgan fingerprint density at radius 1 is 1.00 bits per heavy atom. The molecule has 2 aromatic rings. The lowest BCUT2D eigenvalue weighted by atomic mass is 9.89. The van der Waals surface area contributed by atoms with Crippen molar-refractivity contribution in [1.29, 1.82) is 0 Å². The minimum absolute atomic E-state index is 0.0568. The molecule has 0 aromatic heterocycles. The number of hydrogen-bond donors (Lipinski definition) is 3. The van der Waals surface area contributed by atoms with Crippen LogP contribution in [0.25, 0.3) is 6.08 Å². The number of aliphatic hydroxyl groups is 1. The van der Waals surface area contributed by atoms with Crippen molar-refractivity contribution in [3.05, 3.63) is 74.7 Å². The first-order valence-electron chi connectivity index (χ1n) is 7.59. The molecule has 3 rings (SSSR count). The number of nitro benzene ring substituents is 1. The van der Waals surface area contributed by atoms with Crippen molar-refractivity contribution in [2.75, 3.05) is 0 Å². The first kappa shape index (κ1) is 19.3. The van der Waals surface area contributed by atoms with Gasteiger partial charge in [-0.3, -0.25) is 19.5 Å². The van der Waals surface area contributed by atoms with Crippen molar-refractivity contribution in [3.8, 4) is 0 Å². The van der Waals surface area contributed by atoms with E-state index in [0.717, 1.165) is 48.5 Å². The number of hydrazine groups is 1. The number of benzene rings is 2. The first-order chi connectivity index (χ1) is 13.0. The fraction of sp³-hybridized carbons (Fsp3) is 0.0625. The van der Waals surface area contributed by atoms with Crippen LogP contribution in [-0.2, 0) is 20.6 Å². The van der Waals surface area contributed by atoms with E-state index in [1.807, 2.05) is 0 Å². The molecule has 1 atom stereocenters. The number of ketones is 1. The molecule has 0 amide bonds. The Kier molecular flexibility index (Phi) is 4.54. The van der Waals surface area contributed by atoms with Crippen LogP contribution in [0.2, 0.25) is 0 Å². The van der Waals surface area contributed by atoms with E-state index in [-0.39, 0.29) is 27.4 Å². The van der Waals surface area contributed by atoms with Crippen LogP contribution in [0, 0.1) is 15.0 Å². The fourth-order valence-corrected chi connectivity index (χ4v) is 3.14. The molecular formula is C16H12N3O8S+. The van der Waals surface area contributed by atoms with E-state index in [9.17, 15) is 33.3 Å². The van der Waals surface area contributed by atoms with Gasteiger partial charge in [0.2, 0.25) is 5.78 Å². The Morgan fingerprint density at radius 2 is 1.61 bits per heavy atom. The highest BCUT2D eigenvalue weighted by Gasteiger charge is 2.46. The predicted molar refractivity (Wildman–Crippen MR) is 93.7 cm³/mol. The van der Waals surface area contributed by atoms with E-state index in [0.29, 0.717) is 0 Å². The molecular weight excluding hydrogens is 394 g/mol. The minimum atomic E-state index is -4.51. The maximum atomic E-state index is 12.3. The molecule has 0 spiro atoms. The van der Waals surface area contributed by atoms with Gasteiger partial charge in [0.1, 0.15) is 0 Å². The zero-order valence-corrected chi connectivity index (χ0v) is 14.7. The van der Waals surface area contributed by atoms with E-state index in [2.05, 4.69) is 5.43 Å². The second kappa shape index (κ2) is 6.60. The molecule has 0 heterocycles. The number of fused-ring (bicyclic) bond motifs is 1. The quantitative estimate of drug-likeness (QED) is 0.217. The number of nitrogens with one attached hydrogen (secondary N) is 1.